The standard InChI is InChI=1S/C56H97N2O5P/c1-3-5-7-9-11-13-15-17-19-21-23-25-27-29-31-33-35-37-39-41-43-45-49-55(59)57-51-47-53-62-64(61)63-54-48-52-58-56(60)50-46-44-42-40-38-36-34-32-30-28-26-24-22-20-18-16-14-12-10-8-6-4-2/h64H,3-24,33-54H2,1-2H3,(H,57,59)(H,58,60). The quantitative estimate of drug-likeness (QED) is 0.0360. The van der Waals surface area contributed by atoms with Gasteiger partial charge in [-0.2, -0.15) is 0 Å². The molecule has 0 aromatic carbocycles. The van der Waals surface area contributed by atoms with E-state index in [1.807, 2.05) is 0 Å². The van der Waals surface area contributed by atoms with Gasteiger partial charge in [-0.05, 0) is 75.0 Å². The molecule has 2 N–H and O–H groups in total. The van der Waals surface area contributed by atoms with Crippen molar-refractivity contribution in [2.75, 3.05) is 26.3 Å². The van der Waals surface area contributed by atoms with Crippen molar-refractivity contribution in [3.8, 4) is 47.4 Å². The molecular formula is C56H97N2O5P. The lowest BCUT2D eigenvalue weighted by atomic mass is 10.1. The van der Waals surface area contributed by atoms with Crippen molar-refractivity contribution in [1.82, 2.24) is 10.6 Å². The summed E-state index contributed by atoms with van der Waals surface area (Å²) in [7, 11) is -2.58. The van der Waals surface area contributed by atoms with Crippen LogP contribution in [0.1, 0.15) is 271 Å². The van der Waals surface area contributed by atoms with Crippen molar-refractivity contribution in [2.45, 2.75) is 271 Å². The predicted octanol–water partition coefficient (Wildman–Crippen LogP) is 15.3. The Bertz CT molecular complexity index is 1240. The molecule has 0 saturated heterocycles. The maximum Gasteiger partial charge on any atom is 0.319 e. The number of carbonyl (C=O) groups is 2. The van der Waals surface area contributed by atoms with Crippen molar-refractivity contribution in [1.29, 1.82) is 0 Å². The zero-order chi connectivity index (χ0) is 46.3. The van der Waals surface area contributed by atoms with Gasteiger partial charge in [0.25, 0.3) is 0 Å². The predicted molar refractivity (Wildman–Crippen MR) is 274 cm³/mol. The number of unbranched alkanes of at least 4 members (excludes halogenated alkanes) is 32. The van der Waals surface area contributed by atoms with Crippen LogP contribution in [-0.4, -0.2) is 38.1 Å². The van der Waals surface area contributed by atoms with E-state index in [4.69, 9.17) is 9.05 Å². The largest absolute Gasteiger partial charge is 0.356 e. The molecule has 0 saturated carbocycles. The maximum atomic E-state index is 12.1. The lowest BCUT2D eigenvalue weighted by Gasteiger charge is -2.08. The fraction of sp³-hybridized carbons (Fsp3) is 0.821. The Hall–Kier alpha value is -2.67. The van der Waals surface area contributed by atoms with E-state index >= 15 is 0 Å². The van der Waals surface area contributed by atoms with Crippen LogP contribution in [0.4, 0.5) is 0 Å². The van der Waals surface area contributed by atoms with Gasteiger partial charge < -0.3 is 19.7 Å². The molecule has 0 aliphatic carbocycles. The highest BCUT2D eigenvalue weighted by Crippen LogP contribution is 2.23. The third kappa shape index (κ3) is 53.7. The number of rotatable bonds is 46. The first-order valence-corrected chi connectivity index (χ1v) is 28.1. The first-order valence-electron chi connectivity index (χ1n) is 26.8. The highest BCUT2D eigenvalue weighted by Gasteiger charge is 2.05. The van der Waals surface area contributed by atoms with E-state index in [1.165, 1.54) is 154 Å². The molecular weight excluding hydrogens is 812 g/mol. The number of hydrogen-bond acceptors (Lipinski definition) is 5. The molecule has 0 atom stereocenters. The van der Waals surface area contributed by atoms with Gasteiger partial charge in [-0.25, -0.2) is 0 Å². The van der Waals surface area contributed by atoms with Crippen LogP contribution in [0.25, 0.3) is 0 Å². The Morgan fingerprint density at radius 1 is 0.359 bits per heavy atom. The van der Waals surface area contributed by atoms with E-state index in [0.717, 1.165) is 77.0 Å². The summed E-state index contributed by atoms with van der Waals surface area (Å²) >= 11 is 0. The number of hydrogen-bond donors (Lipinski definition) is 2. The van der Waals surface area contributed by atoms with Crippen LogP contribution in [-0.2, 0) is 23.2 Å². The average Bonchev–Trinajstić information content (AvgIpc) is 3.29. The molecule has 0 aromatic rings. The van der Waals surface area contributed by atoms with Crippen LogP contribution < -0.4 is 10.6 Å². The SMILES string of the molecule is CCCCCCCCCCCCC#CC#CCCCCCCCCC(=O)NCCCO[PH](=O)OCCCNC(=O)CCCCCCCCC#CC#CCCCCCCCCCCCC. The zero-order valence-corrected chi connectivity index (χ0v) is 42.7. The Morgan fingerprint density at radius 2 is 0.609 bits per heavy atom. The van der Waals surface area contributed by atoms with Crippen LogP contribution in [0.3, 0.4) is 0 Å². The zero-order valence-electron chi connectivity index (χ0n) is 41.7. The van der Waals surface area contributed by atoms with Gasteiger partial charge in [0.05, 0.1) is 13.2 Å². The monoisotopic (exact) mass is 909 g/mol. The van der Waals surface area contributed by atoms with Crippen LogP contribution in [0.15, 0.2) is 0 Å². The van der Waals surface area contributed by atoms with Crippen molar-refractivity contribution >= 4 is 20.1 Å². The van der Waals surface area contributed by atoms with E-state index in [-0.39, 0.29) is 25.0 Å². The molecule has 0 spiro atoms. The Morgan fingerprint density at radius 3 is 0.891 bits per heavy atom. The summed E-state index contributed by atoms with van der Waals surface area (Å²) in [6.45, 7) is 6.08. The van der Waals surface area contributed by atoms with Crippen molar-refractivity contribution in [2.24, 2.45) is 0 Å². The van der Waals surface area contributed by atoms with E-state index in [2.05, 4.69) is 71.8 Å². The number of carbonyl (C=O) groups excluding carboxylic acids is 2. The average molecular weight is 909 g/mol. The number of amides is 2. The molecule has 0 bridgehead atoms. The minimum absolute atomic E-state index is 0.0542. The molecule has 0 aromatic heterocycles. The normalized spacial score (nSPS) is 10.5. The third-order valence-electron chi connectivity index (χ3n) is 11.4. The van der Waals surface area contributed by atoms with E-state index in [1.54, 1.807) is 0 Å². The van der Waals surface area contributed by atoms with Crippen molar-refractivity contribution in [3.63, 3.8) is 0 Å². The molecule has 7 nitrogen and oxygen atoms in total. The lowest BCUT2D eigenvalue weighted by molar-refractivity contribution is -0.122. The third-order valence-corrected chi connectivity index (χ3v) is 12.3. The van der Waals surface area contributed by atoms with Crippen LogP contribution in [0.5, 0.6) is 0 Å². The molecule has 0 heterocycles. The molecule has 0 rings (SSSR count). The summed E-state index contributed by atoms with van der Waals surface area (Å²) in [5, 5.41) is 5.83. The van der Waals surface area contributed by atoms with Crippen molar-refractivity contribution < 1.29 is 23.2 Å². The molecule has 0 radical (unpaired) electrons. The highest BCUT2D eigenvalue weighted by atomic mass is 31.1. The molecule has 366 valence electrons. The molecule has 0 aliphatic heterocycles. The summed E-state index contributed by atoms with van der Waals surface area (Å²) < 4.78 is 22.6. The second-order valence-electron chi connectivity index (χ2n) is 17.7. The Balaban J connectivity index is 3.45. The van der Waals surface area contributed by atoms with Gasteiger partial charge in [0.1, 0.15) is 0 Å². The lowest BCUT2D eigenvalue weighted by Crippen LogP contribution is -2.24. The summed E-state index contributed by atoms with van der Waals surface area (Å²) in [4.78, 5) is 24.2. The topological polar surface area (TPSA) is 93.7 Å². The summed E-state index contributed by atoms with van der Waals surface area (Å²) in [5.74, 6) is 25.0. The molecule has 0 fully saturated rings. The summed E-state index contributed by atoms with van der Waals surface area (Å²) in [6.07, 6.45) is 46.2. The highest BCUT2D eigenvalue weighted by molar-refractivity contribution is 7.33. The Kier molecular flexibility index (Phi) is 52.4. The molecule has 2 amide bonds. The summed E-state index contributed by atoms with van der Waals surface area (Å²) in [5.41, 5.74) is 0. The van der Waals surface area contributed by atoms with E-state index < -0.39 is 8.25 Å². The molecule has 0 unspecified atom stereocenters. The molecule has 8 heteroatoms. The molecule has 0 aliphatic rings. The van der Waals surface area contributed by atoms with Crippen LogP contribution >= 0.6 is 8.25 Å². The molecule has 64 heavy (non-hydrogen) atoms. The maximum absolute atomic E-state index is 12.1. The Labute approximate surface area is 396 Å². The number of nitrogens with one attached hydrogen (secondary N) is 2. The fourth-order valence-electron chi connectivity index (χ4n) is 7.37. The second kappa shape index (κ2) is 54.7. The van der Waals surface area contributed by atoms with Crippen LogP contribution in [0.2, 0.25) is 0 Å². The smallest absolute Gasteiger partial charge is 0.319 e. The van der Waals surface area contributed by atoms with Gasteiger partial charge in [0, 0.05) is 51.6 Å². The first kappa shape index (κ1) is 61.3. The van der Waals surface area contributed by atoms with Gasteiger partial charge in [-0.3, -0.25) is 14.2 Å². The minimum Gasteiger partial charge on any atom is -0.356 e. The van der Waals surface area contributed by atoms with E-state index in [0.29, 0.717) is 38.8 Å². The van der Waals surface area contributed by atoms with Gasteiger partial charge in [-0.15, -0.1) is 0 Å². The fourth-order valence-corrected chi connectivity index (χ4v) is 8.08. The van der Waals surface area contributed by atoms with Gasteiger partial charge in [0.2, 0.25) is 11.8 Å². The van der Waals surface area contributed by atoms with E-state index in [9.17, 15) is 14.2 Å². The van der Waals surface area contributed by atoms with Gasteiger partial charge >= 0.3 is 8.25 Å². The van der Waals surface area contributed by atoms with Gasteiger partial charge in [-0.1, -0.05) is 204 Å². The van der Waals surface area contributed by atoms with Crippen LogP contribution in [0, 0.1) is 47.4 Å². The van der Waals surface area contributed by atoms with Gasteiger partial charge in [0.15, 0.2) is 0 Å². The van der Waals surface area contributed by atoms with Crippen molar-refractivity contribution in [3.05, 3.63) is 0 Å². The summed E-state index contributed by atoms with van der Waals surface area (Å²) in [6, 6.07) is 0. The minimum atomic E-state index is -2.58. The second-order valence-corrected chi connectivity index (χ2v) is 18.7. The first-order chi connectivity index (χ1) is 31.6.